The molecule has 2 aromatic carbocycles. The predicted molar refractivity (Wildman–Crippen MR) is 102 cm³/mol. The van der Waals surface area contributed by atoms with E-state index in [1.54, 1.807) is 6.07 Å². The van der Waals surface area contributed by atoms with Crippen LogP contribution in [0.15, 0.2) is 52.0 Å². The molecule has 1 heterocycles. The summed E-state index contributed by atoms with van der Waals surface area (Å²) in [5.74, 6) is -2.71. The van der Waals surface area contributed by atoms with Crippen LogP contribution in [0.2, 0.25) is 0 Å². The van der Waals surface area contributed by atoms with Crippen LogP contribution in [0.25, 0.3) is 10.9 Å². The largest absolute Gasteiger partial charge is 0.417 e. The smallest absolute Gasteiger partial charge is 0.381 e. The van der Waals surface area contributed by atoms with Gasteiger partial charge in [0.05, 0.1) is 4.47 Å². The number of aliphatic hydroxyl groups is 1. The molecule has 3 N–H and O–H groups in total. The lowest BCUT2D eigenvalue weighted by molar-refractivity contribution is -0.217. The highest BCUT2D eigenvalue weighted by Crippen LogP contribution is 2.42. The number of nitrogens with one attached hydrogen (secondary N) is 2. The summed E-state index contributed by atoms with van der Waals surface area (Å²) in [5.41, 5.74) is -0.909. The molecule has 162 valence electrons. The number of aromatic amines is 1. The number of hydrogen-bond acceptors (Lipinski definition) is 3. The number of benzene rings is 2. The van der Waals surface area contributed by atoms with Crippen molar-refractivity contribution in [2.75, 3.05) is 0 Å². The molecule has 0 spiro atoms. The van der Waals surface area contributed by atoms with Gasteiger partial charge < -0.3 is 10.1 Å². The first kappa shape index (κ1) is 22.9. The number of halogens is 7. The molecule has 0 radical (unpaired) electrons. The standard InChI is InChI=1S/C17H11BrClF5N2O3S/c18-10-6-11(20)9(5-12(10)21)16(19,15(27)17(22,23)24)26-30(28,29)14-7-25-13-4-2-1-3-8(13)14/h1-7,15,25-27H. The Labute approximate surface area is 180 Å². The summed E-state index contributed by atoms with van der Waals surface area (Å²) in [4.78, 5) is -1.40. The maximum absolute atomic E-state index is 14.4. The Balaban J connectivity index is 2.20. The van der Waals surface area contributed by atoms with Crippen molar-refractivity contribution >= 4 is 48.5 Å². The molecule has 0 bridgehead atoms. The lowest BCUT2D eigenvalue weighted by Crippen LogP contribution is -2.55. The zero-order valence-corrected chi connectivity index (χ0v) is 17.6. The van der Waals surface area contributed by atoms with Gasteiger partial charge in [-0.1, -0.05) is 29.8 Å². The SMILES string of the molecule is O=S(=O)(NC(Cl)(c1cc(F)c(Br)cc1F)C(O)C(F)(F)F)c1c[nH]c2ccccc12. The lowest BCUT2D eigenvalue weighted by atomic mass is 10.00. The Bertz CT molecular complexity index is 1220. The van der Waals surface area contributed by atoms with Crippen molar-refractivity contribution in [3.8, 4) is 0 Å². The van der Waals surface area contributed by atoms with Crippen molar-refractivity contribution in [2.45, 2.75) is 22.2 Å². The second kappa shape index (κ2) is 7.75. The predicted octanol–water partition coefficient (Wildman–Crippen LogP) is 4.50. The number of H-pyrrole nitrogens is 1. The number of sulfonamides is 1. The van der Waals surface area contributed by atoms with Gasteiger partial charge in [0.2, 0.25) is 10.0 Å². The molecule has 13 heteroatoms. The third-order valence-corrected chi connectivity index (χ3v) is 6.94. The number of para-hydroxylation sites is 1. The third kappa shape index (κ3) is 4.06. The first-order valence-corrected chi connectivity index (χ1v) is 10.6. The average Bonchev–Trinajstić information content (AvgIpc) is 3.08. The first-order chi connectivity index (χ1) is 13.8. The fourth-order valence-corrected chi connectivity index (χ4v) is 5.10. The molecule has 5 nitrogen and oxygen atoms in total. The Morgan fingerprint density at radius 1 is 1.13 bits per heavy atom. The topological polar surface area (TPSA) is 82.2 Å². The van der Waals surface area contributed by atoms with Crippen LogP contribution in [-0.4, -0.2) is 30.8 Å². The van der Waals surface area contributed by atoms with E-state index in [4.69, 9.17) is 11.6 Å². The Kier molecular flexibility index (Phi) is 5.93. The molecule has 0 saturated carbocycles. The third-order valence-electron chi connectivity index (χ3n) is 4.21. The van der Waals surface area contributed by atoms with Crippen molar-refractivity contribution in [1.82, 2.24) is 9.71 Å². The first-order valence-electron chi connectivity index (χ1n) is 7.96. The molecule has 0 fully saturated rings. The van der Waals surface area contributed by atoms with Gasteiger partial charge in [-0.2, -0.15) is 17.9 Å². The van der Waals surface area contributed by atoms with E-state index in [9.17, 15) is 35.5 Å². The van der Waals surface area contributed by atoms with Crippen molar-refractivity contribution in [2.24, 2.45) is 0 Å². The molecule has 3 aromatic rings. The molecule has 0 amide bonds. The molecular formula is C17H11BrClF5N2O3S. The summed E-state index contributed by atoms with van der Waals surface area (Å²) < 4.78 is 95.1. The Morgan fingerprint density at radius 3 is 2.40 bits per heavy atom. The number of fused-ring (bicyclic) bond motifs is 1. The van der Waals surface area contributed by atoms with Crippen molar-refractivity contribution in [3.05, 3.63) is 64.3 Å². The summed E-state index contributed by atoms with van der Waals surface area (Å²) >= 11 is 8.55. The maximum Gasteiger partial charge on any atom is 0.417 e. The number of rotatable bonds is 5. The number of hydrogen-bond donors (Lipinski definition) is 3. The van der Waals surface area contributed by atoms with Crippen LogP contribution in [-0.2, 0) is 15.0 Å². The van der Waals surface area contributed by atoms with Crippen LogP contribution >= 0.6 is 27.5 Å². The van der Waals surface area contributed by atoms with E-state index in [2.05, 4.69) is 20.9 Å². The van der Waals surface area contributed by atoms with Crippen molar-refractivity contribution < 1.29 is 35.5 Å². The number of alkyl halides is 4. The molecule has 0 saturated heterocycles. The van der Waals surface area contributed by atoms with Crippen LogP contribution in [0.4, 0.5) is 22.0 Å². The van der Waals surface area contributed by atoms with Gasteiger partial charge in [-0.05, 0) is 34.1 Å². The van der Waals surface area contributed by atoms with E-state index in [-0.39, 0.29) is 11.5 Å². The van der Waals surface area contributed by atoms with E-state index in [1.807, 2.05) is 0 Å². The molecule has 2 unspecified atom stereocenters. The fourth-order valence-electron chi connectivity index (χ4n) is 2.80. The number of aliphatic hydroxyl groups excluding tert-OH is 1. The summed E-state index contributed by atoms with van der Waals surface area (Å²) in [7, 11) is -4.87. The van der Waals surface area contributed by atoms with Gasteiger partial charge in [0.1, 0.15) is 16.5 Å². The van der Waals surface area contributed by atoms with Gasteiger partial charge in [0, 0.05) is 22.7 Å². The van der Waals surface area contributed by atoms with E-state index in [0.29, 0.717) is 11.6 Å². The molecule has 0 aliphatic heterocycles. The van der Waals surface area contributed by atoms with Crippen LogP contribution in [0, 0.1) is 11.6 Å². The van der Waals surface area contributed by atoms with E-state index in [0.717, 1.165) is 6.20 Å². The molecule has 1 aromatic heterocycles. The van der Waals surface area contributed by atoms with Crippen LogP contribution in [0.1, 0.15) is 5.56 Å². The minimum absolute atomic E-state index is 0.105. The normalized spacial score (nSPS) is 15.9. The fraction of sp³-hybridized carbons (Fsp3) is 0.176. The zero-order valence-electron chi connectivity index (χ0n) is 14.4. The highest BCUT2D eigenvalue weighted by molar-refractivity contribution is 9.10. The summed E-state index contributed by atoms with van der Waals surface area (Å²) in [5, 5.41) is 9.93. The maximum atomic E-state index is 14.4. The molecule has 2 atom stereocenters. The quantitative estimate of drug-likeness (QED) is 0.196. The zero-order chi connectivity index (χ0) is 22.5. The van der Waals surface area contributed by atoms with Gasteiger partial charge in [-0.3, -0.25) is 0 Å². The summed E-state index contributed by atoms with van der Waals surface area (Å²) in [6, 6.07) is 6.68. The molecule has 0 aliphatic rings. The van der Waals surface area contributed by atoms with Gasteiger partial charge >= 0.3 is 6.18 Å². The molecule has 30 heavy (non-hydrogen) atoms. The minimum atomic E-state index is -5.49. The lowest BCUT2D eigenvalue weighted by Gasteiger charge is -2.34. The molecular weight excluding hydrogens is 523 g/mol. The van der Waals surface area contributed by atoms with Gasteiger partial charge in [0.15, 0.2) is 11.1 Å². The van der Waals surface area contributed by atoms with Crippen LogP contribution < -0.4 is 4.72 Å². The monoisotopic (exact) mass is 532 g/mol. The number of aromatic nitrogens is 1. The minimum Gasteiger partial charge on any atom is -0.381 e. The summed E-state index contributed by atoms with van der Waals surface area (Å²) in [6.07, 6.45) is -8.12. The molecule has 3 rings (SSSR count). The Hall–Kier alpha value is -1.73. The second-order valence-corrected chi connectivity index (χ2v) is 9.31. The second-order valence-electron chi connectivity index (χ2n) is 6.21. The average molecular weight is 534 g/mol. The van der Waals surface area contributed by atoms with Crippen LogP contribution in [0.5, 0.6) is 0 Å². The van der Waals surface area contributed by atoms with E-state index >= 15 is 0 Å². The van der Waals surface area contributed by atoms with Crippen LogP contribution in [0.3, 0.4) is 0 Å². The van der Waals surface area contributed by atoms with Gasteiger partial charge in [-0.15, -0.1) is 0 Å². The van der Waals surface area contributed by atoms with Crippen molar-refractivity contribution in [3.63, 3.8) is 0 Å². The summed E-state index contributed by atoms with van der Waals surface area (Å²) in [6.45, 7) is 0. The van der Waals surface area contributed by atoms with E-state index in [1.165, 1.54) is 22.9 Å². The highest BCUT2D eigenvalue weighted by Gasteiger charge is 2.56. The van der Waals surface area contributed by atoms with Gasteiger partial charge in [-0.25, -0.2) is 17.2 Å². The van der Waals surface area contributed by atoms with Gasteiger partial charge in [0.25, 0.3) is 0 Å². The molecule has 0 aliphatic carbocycles. The Morgan fingerprint density at radius 2 is 1.77 bits per heavy atom. The highest BCUT2D eigenvalue weighted by atomic mass is 79.9. The van der Waals surface area contributed by atoms with E-state index < -0.39 is 53.9 Å². The van der Waals surface area contributed by atoms with Crippen molar-refractivity contribution in [1.29, 1.82) is 0 Å².